The van der Waals surface area contributed by atoms with Crippen LogP contribution in [0.1, 0.15) is 50.4 Å². The van der Waals surface area contributed by atoms with E-state index in [1.807, 2.05) is 20.8 Å². The predicted octanol–water partition coefficient (Wildman–Crippen LogP) is 3.92. The first-order valence-electron chi connectivity index (χ1n) is 8.07. The predicted molar refractivity (Wildman–Crippen MR) is 86.0 cm³/mol. The molecule has 22 heavy (non-hydrogen) atoms. The lowest BCUT2D eigenvalue weighted by molar-refractivity contribution is 0.0857. The molecule has 4 heteroatoms. The third-order valence-electron chi connectivity index (χ3n) is 3.99. The number of piperidine rings is 1. The summed E-state index contributed by atoms with van der Waals surface area (Å²) < 4.78 is 19.6. The first kappa shape index (κ1) is 16.9. The minimum atomic E-state index is -0.511. The molecular formula is C18H26FNO2. The average Bonchev–Trinajstić information content (AvgIpc) is 2.48. The molecule has 1 fully saturated rings. The van der Waals surface area contributed by atoms with Crippen molar-refractivity contribution in [3.05, 3.63) is 29.6 Å². The molecule has 2 rings (SSSR count). The second-order valence-electron chi connectivity index (χ2n) is 6.98. The molecule has 0 atom stereocenters. The van der Waals surface area contributed by atoms with Crippen LogP contribution < -0.4 is 4.74 Å². The number of nitrogens with zero attached hydrogens (tertiary/aromatic N) is 1. The highest BCUT2D eigenvalue weighted by molar-refractivity contribution is 5.99. The monoisotopic (exact) mass is 307 g/mol. The Morgan fingerprint density at radius 1 is 1.23 bits per heavy atom. The maximum Gasteiger partial charge on any atom is 0.168 e. The van der Waals surface area contributed by atoms with Gasteiger partial charge in [0.05, 0.1) is 0 Å². The number of hydrogen-bond acceptors (Lipinski definition) is 3. The van der Waals surface area contributed by atoms with Gasteiger partial charge in [0, 0.05) is 17.5 Å². The van der Waals surface area contributed by atoms with E-state index < -0.39 is 11.2 Å². The van der Waals surface area contributed by atoms with Crippen LogP contribution in [-0.2, 0) is 0 Å². The fourth-order valence-electron chi connectivity index (χ4n) is 2.66. The molecule has 0 N–H and O–H groups in total. The summed E-state index contributed by atoms with van der Waals surface area (Å²) in [6, 6.07) is 4.49. The Balaban J connectivity index is 1.91. The third-order valence-corrected chi connectivity index (χ3v) is 3.99. The maximum atomic E-state index is 14.1. The van der Waals surface area contributed by atoms with Crippen molar-refractivity contribution in [2.24, 2.45) is 5.41 Å². The maximum absolute atomic E-state index is 14.1. The zero-order valence-electron chi connectivity index (χ0n) is 13.8. The van der Waals surface area contributed by atoms with Gasteiger partial charge in [-0.05, 0) is 44.1 Å². The van der Waals surface area contributed by atoms with Crippen molar-refractivity contribution in [1.29, 1.82) is 0 Å². The Labute approximate surface area is 132 Å². The summed E-state index contributed by atoms with van der Waals surface area (Å²) in [5.41, 5.74) is -0.114. The molecule has 0 aromatic heterocycles. The van der Waals surface area contributed by atoms with Crippen molar-refractivity contribution in [3.8, 4) is 5.75 Å². The van der Waals surface area contributed by atoms with Crippen molar-refractivity contribution in [2.75, 3.05) is 26.2 Å². The summed E-state index contributed by atoms with van der Waals surface area (Å²) in [6.07, 6.45) is 3.77. The molecule has 1 aromatic rings. The van der Waals surface area contributed by atoms with Gasteiger partial charge in [-0.2, -0.15) is 0 Å². The highest BCUT2D eigenvalue weighted by Gasteiger charge is 2.23. The van der Waals surface area contributed by atoms with Gasteiger partial charge < -0.3 is 4.74 Å². The van der Waals surface area contributed by atoms with Crippen molar-refractivity contribution < 1.29 is 13.9 Å². The molecule has 0 bridgehead atoms. The number of Topliss-reactive ketones (excluding diaryl/α,β-unsaturated/α-hetero) is 1. The number of ketones is 1. The lowest BCUT2D eigenvalue weighted by Gasteiger charge is -2.26. The Morgan fingerprint density at radius 2 is 1.91 bits per heavy atom. The average molecular weight is 307 g/mol. The lowest BCUT2D eigenvalue weighted by atomic mass is 9.86. The first-order chi connectivity index (χ1) is 10.4. The van der Waals surface area contributed by atoms with E-state index in [-0.39, 0.29) is 11.5 Å². The van der Waals surface area contributed by atoms with Crippen molar-refractivity contribution in [2.45, 2.75) is 40.0 Å². The van der Waals surface area contributed by atoms with E-state index >= 15 is 0 Å². The van der Waals surface area contributed by atoms with Crippen LogP contribution >= 0.6 is 0 Å². The minimum absolute atomic E-state index is 0.0636. The number of halogens is 1. The summed E-state index contributed by atoms with van der Waals surface area (Å²) in [7, 11) is 0. The molecule has 0 unspecified atom stereocenters. The Bertz CT molecular complexity index is 516. The zero-order chi connectivity index (χ0) is 16.2. The van der Waals surface area contributed by atoms with Gasteiger partial charge in [0.15, 0.2) is 17.3 Å². The van der Waals surface area contributed by atoms with Crippen LogP contribution in [0.4, 0.5) is 4.39 Å². The first-order valence-corrected chi connectivity index (χ1v) is 8.07. The Hall–Kier alpha value is -1.42. The summed E-state index contributed by atoms with van der Waals surface area (Å²) in [6.45, 7) is 8.99. The van der Waals surface area contributed by atoms with E-state index in [1.54, 1.807) is 12.1 Å². The third kappa shape index (κ3) is 4.54. The summed E-state index contributed by atoms with van der Waals surface area (Å²) in [5.74, 6) is -0.303. The van der Waals surface area contributed by atoms with Crippen LogP contribution in [0.25, 0.3) is 0 Å². The van der Waals surface area contributed by atoms with Gasteiger partial charge in [0.25, 0.3) is 0 Å². The largest absolute Gasteiger partial charge is 0.489 e. The molecule has 1 aromatic carbocycles. The van der Waals surface area contributed by atoms with E-state index in [0.29, 0.717) is 12.2 Å². The number of benzene rings is 1. The highest BCUT2D eigenvalue weighted by Crippen LogP contribution is 2.24. The number of carbonyl (C=O) groups is 1. The summed E-state index contributed by atoms with van der Waals surface area (Å²) >= 11 is 0. The van der Waals surface area contributed by atoms with Crippen LogP contribution in [0.3, 0.4) is 0 Å². The molecule has 122 valence electrons. The molecule has 1 aliphatic rings. The SMILES string of the molecule is CC(C)(C)C(=O)c1ccc(OCCN2CCCCC2)c(F)c1. The van der Waals surface area contributed by atoms with Gasteiger partial charge in [-0.3, -0.25) is 9.69 Å². The Morgan fingerprint density at radius 3 is 2.50 bits per heavy atom. The van der Waals surface area contributed by atoms with Gasteiger partial charge >= 0.3 is 0 Å². The molecule has 1 saturated heterocycles. The molecule has 0 radical (unpaired) electrons. The van der Waals surface area contributed by atoms with Crippen LogP contribution in [0.15, 0.2) is 18.2 Å². The van der Waals surface area contributed by atoms with E-state index in [2.05, 4.69) is 4.90 Å². The highest BCUT2D eigenvalue weighted by atomic mass is 19.1. The number of likely N-dealkylation sites (tertiary alicyclic amines) is 1. The second kappa shape index (κ2) is 7.23. The van der Waals surface area contributed by atoms with Crippen molar-refractivity contribution in [1.82, 2.24) is 4.90 Å². The molecule has 0 amide bonds. The fourth-order valence-corrected chi connectivity index (χ4v) is 2.66. The second-order valence-corrected chi connectivity index (χ2v) is 6.98. The summed E-state index contributed by atoms with van der Waals surface area (Å²) in [4.78, 5) is 14.5. The molecule has 3 nitrogen and oxygen atoms in total. The van der Waals surface area contributed by atoms with E-state index in [0.717, 1.165) is 19.6 Å². The van der Waals surface area contributed by atoms with Gasteiger partial charge in [-0.1, -0.05) is 27.2 Å². The standard InChI is InChI=1S/C18H26FNO2/c1-18(2,3)17(21)14-7-8-16(15(19)13-14)22-12-11-20-9-5-4-6-10-20/h7-8,13H,4-6,9-12H2,1-3H3. The van der Waals surface area contributed by atoms with Crippen LogP contribution in [-0.4, -0.2) is 36.9 Å². The lowest BCUT2D eigenvalue weighted by Crippen LogP contribution is -2.33. The number of rotatable bonds is 5. The van der Waals surface area contributed by atoms with Crippen LogP contribution in [0.2, 0.25) is 0 Å². The molecule has 1 aliphatic heterocycles. The van der Waals surface area contributed by atoms with Crippen molar-refractivity contribution in [3.63, 3.8) is 0 Å². The molecule has 0 aliphatic carbocycles. The number of ether oxygens (including phenoxy) is 1. The number of carbonyl (C=O) groups excluding carboxylic acids is 1. The molecule has 0 saturated carbocycles. The Kier molecular flexibility index (Phi) is 5.57. The van der Waals surface area contributed by atoms with Gasteiger partial charge in [0.2, 0.25) is 0 Å². The van der Waals surface area contributed by atoms with Gasteiger partial charge in [-0.25, -0.2) is 4.39 Å². The molecule has 0 spiro atoms. The van der Waals surface area contributed by atoms with Crippen molar-refractivity contribution >= 4 is 5.78 Å². The van der Waals surface area contributed by atoms with Gasteiger partial charge in [-0.15, -0.1) is 0 Å². The minimum Gasteiger partial charge on any atom is -0.489 e. The van der Waals surface area contributed by atoms with Gasteiger partial charge in [0.1, 0.15) is 6.61 Å². The topological polar surface area (TPSA) is 29.5 Å². The molecule has 1 heterocycles. The van der Waals surface area contributed by atoms with E-state index in [4.69, 9.17) is 4.74 Å². The van der Waals surface area contributed by atoms with E-state index in [9.17, 15) is 9.18 Å². The molecular weight excluding hydrogens is 281 g/mol. The summed E-state index contributed by atoms with van der Waals surface area (Å²) in [5, 5.41) is 0. The number of hydrogen-bond donors (Lipinski definition) is 0. The zero-order valence-corrected chi connectivity index (χ0v) is 13.8. The fraction of sp³-hybridized carbons (Fsp3) is 0.611. The van der Waals surface area contributed by atoms with Crippen LogP contribution in [0, 0.1) is 11.2 Å². The quantitative estimate of drug-likeness (QED) is 0.772. The smallest absolute Gasteiger partial charge is 0.168 e. The van der Waals surface area contributed by atoms with Crippen LogP contribution in [0.5, 0.6) is 5.75 Å². The van der Waals surface area contributed by atoms with E-state index in [1.165, 1.54) is 25.3 Å². The normalized spacial score (nSPS) is 16.5.